The first-order valence-electron chi connectivity index (χ1n) is 3.59. The number of rotatable bonds is 5. The van der Waals surface area contributed by atoms with Crippen molar-refractivity contribution in [3.8, 4) is 0 Å². The molecule has 0 saturated heterocycles. The van der Waals surface area contributed by atoms with Crippen molar-refractivity contribution in [1.29, 1.82) is 0 Å². The first kappa shape index (κ1) is 10.9. The van der Waals surface area contributed by atoms with Crippen LogP contribution < -0.4 is 0 Å². The molecule has 0 rings (SSSR count). The highest BCUT2D eigenvalue weighted by atomic mass is 32.2. The molecule has 0 fully saturated rings. The molecule has 0 aromatic carbocycles. The molecule has 0 aliphatic rings. The third kappa shape index (κ3) is 7.77. The van der Waals surface area contributed by atoms with E-state index in [4.69, 9.17) is 9.66 Å². The van der Waals surface area contributed by atoms with E-state index in [0.717, 1.165) is 6.42 Å². The molecule has 0 aliphatic heterocycles. The minimum Gasteiger partial charge on any atom is -0.393 e. The van der Waals surface area contributed by atoms with Gasteiger partial charge < -0.3 is 5.11 Å². The Balaban J connectivity index is 3.54. The van der Waals surface area contributed by atoms with Gasteiger partial charge in [-0.1, -0.05) is 13.3 Å². The lowest BCUT2D eigenvalue weighted by Gasteiger charge is -2.06. The Morgan fingerprint density at radius 1 is 1.36 bits per heavy atom. The number of hydrogen-bond acceptors (Lipinski definition) is 3. The predicted molar refractivity (Wildman–Crippen MR) is 41.9 cm³/mol. The molecule has 0 saturated carbocycles. The topological polar surface area (TPSA) is 74.6 Å². The third-order valence-electron chi connectivity index (χ3n) is 1.33. The molecule has 0 spiro atoms. The van der Waals surface area contributed by atoms with Crippen LogP contribution in [-0.4, -0.2) is 29.9 Å². The van der Waals surface area contributed by atoms with E-state index in [1.807, 2.05) is 6.92 Å². The summed E-state index contributed by atoms with van der Waals surface area (Å²) in [7, 11) is -3.90. The molecule has 1 atom stereocenters. The summed E-state index contributed by atoms with van der Waals surface area (Å²) in [6.45, 7) is 1.90. The molecule has 1 unspecified atom stereocenters. The Bertz CT molecular complexity index is 185. The lowest BCUT2D eigenvalue weighted by Crippen LogP contribution is -2.13. The summed E-state index contributed by atoms with van der Waals surface area (Å²) in [6.07, 6.45) is 0.899. The highest BCUT2D eigenvalue weighted by molar-refractivity contribution is 7.85. The van der Waals surface area contributed by atoms with E-state index in [9.17, 15) is 8.42 Å². The van der Waals surface area contributed by atoms with Gasteiger partial charge in [0.05, 0.1) is 11.9 Å². The van der Waals surface area contributed by atoms with Crippen molar-refractivity contribution in [2.45, 2.75) is 32.3 Å². The van der Waals surface area contributed by atoms with E-state index < -0.39 is 16.2 Å². The smallest absolute Gasteiger partial charge is 0.264 e. The van der Waals surface area contributed by atoms with Crippen molar-refractivity contribution < 1.29 is 18.1 Å². The fourth-order valence-corrected chi connectivity index (χ4v) is 1.33. The minimum atomic E-state index is -3.90. The van der Waals surface area contributed by atoms with Crippen molar-refractivity contribution in [2.24, 2.45) is 0 Å². The first-order valence-corrected chi connectivity index (χ1v) is 5.20. The standard InChI is InChI=1S/C6H14O4S/c1-2-3-6(7)4-5-11(8,9)10/h6-7H,2-5H2,1H3,(H,8,9,10). The highest BCUT2D eigenvalue weighted by Gasteiger charge is 2.09. The second-order valence-corrected chi connectivity index (χ2v) is 4.09. The Kier molecular flexibility index (Phi) is 4.63. The maximum absolute atomic E-state index is 10.2. The van der Waals surface area contributed by atoms with Gasteiger partial charge in [-0.2, -0.15) is 8.42 Å². The predicted octanol–water partition coefficient (Wildman–Crippen LogP) is 0.425. The molecule has 2 N–H and O–H groups in total. The summed E-state index contributed by atoms with van der Waals surface area (Å²) < 4.78 is 28.7. The molecule has 5 heteroatoms. The molecule has 4 nitrogen and oxygen atoms in total. The Labute approximate surface area is 67.0 Å². The maximum atomic E-state index is 10.2. The Morgan fingerprint density at radius 2 is 1.91 bits per heavy atom. The molecule has 0 aromatic heterocycles. The van der Waals surface area contributed by atoms with Crippen LogP contribution >= 0.6 is 0 Å². The van der Waals surface area contributed by atoms with Gasteiger partial charge in [0.2, 0.25) is 0 Å². The van der Waals surface area contributed by atoms with E-state index in [1.54, 1.807) is 0 Å². The summed E-state index contributed by atoms with van der Waals surface area (Å²) in [4.78, 5) is 0. The van der Waals surface area contributed by atoms with E-state index >= 15 is 0 Å². The highest BCUT2D eigenvalue weighted by Crippen LogP contribution is 2.02. The van der Waals surface area contributed by atoms with Gasteiger partial charge in [0.15, 0.2) is 0 Å². The SMILES string of the molecule is CCCC(O)CCS(=O)(=O)O. The average Bonchev–Trinajstić information content (AvgIpc) is 1.83. The van der Waals surface area contributed by atoms with Crippen molar-refractivity contribution in [3.63, 3.8) is 0 Å². The molecule has 0 amide bonds. The number of aliphatic hydroxyl groups excluding tert-OH is 1. The lowest BCUT2D eigenvalue weighted by atomic mass is 10.2. The second-order valence-electron chi connectivity index (χ2n) is 2.52. The largest absolute Gasteiger partial charge is 0.393 e. The van der Waals surface area contributed by atoms with Crippen LogP contribution in [0.1, 0.15) is 26.2 Å². The molecular formula is C6H14O4S. The first-order chi connectivity index (χ1) is 4.95. The van der Waals surface area contributed by atoms with Crippen molar-refractivity contribution in [1.82, 2.24) is 0 Å². The molecular weight excluding hydrogens is 168 g/mol. The number of hydrogen-bond donors (Lipinski definition) is 2. The summed E-state index contributed by atoms with van der Waals surface area (Å²) in [5.41, 5.74) is 0. The van der Waals surface area contributed by atoms with Crippen LogP contribution in [-0.2, 0) is 10.1 Å². The molecule has 0 radical (unpaired) electrons. The normalized spacial score (nSPS) is 14.8. The van der Waals surface area contributed by atoms with Crippen molar-refractivity contribution >= 4 is 10.1 Å². The van der Waals surface area contributed by atoms with Gasteiger partial charge in [0.25, 0.3) is 10.1 Å². The van der Waals surface area contributed by atoms with E-state index in [1.165, 1.54) is 0 Å². The van der Waals surface area contributed by atoms with Crippen LogP contribution in [0.4, 0.5) is 0 Å². The minimum absolute atomic E-state index is 0.118. The van der Waals surface area contributed by atoms with Gasteiger partial charge in [-0.3, -0.25) is 4.55 Å². The van der Waals surface area contributed by atoms with Gasteiger partial charge in [-0.05, 0) is 12.8 Å². The van der Waals surface area contributed by atoms with Gasteiger partial charge >= 0.3 is 0 Å². The monoisotopic (exact) mass is 182 g/mol. The molecule has 0 aliphatic carbocycles. The quantitative estimate of drug-likeness (QED) is 0.604. The van der Waals surface area contributed by atoms with Crippen LogP contribution in [0.3, 0.4) is 0 Å². The van der Waals surface area contributed by atoms with Gasteiger partial charge in [-0.25, -0.2) is 0 Å². The van der Waals surface area contributed by atoms with E-state index in [-0.39, 0.29) is 12.2 Å². The fraction of sp³-hybridized carbons (Fsp3) is 1.00. The van der Waals surface area contributed by atoms with E-state index in [2.05, 4.69) is 0 Å². The zero-order chi connectivity index (χ0) is 8.91. The van der Waals surface area contributed by atoms with Crippen molar-refractivity contribution in [2.75, 3.05) is 5.75 Å². The van der Waals surface area contributed by atoms with E-state index in [0.29, 0.717) is 6.42 Å². The fourth-order valence-electron chi connectivity index (χ4n) is 0.763. The van der Waals surface area contributed by atoms with Gasteiger partial charge in [-0.15, -0.1) is 0 Å². The van der Waals surface area contributed by atoms with Crippen LogP contribution in [0, 0.1) is 0 Å². The molecule has 0 heterocycles. The molecule has 68 valence electrons. The van der Waals surface area contributed by atoms with Crippen LogP contribution in [0.5, 0.6) is 0 Å². The lowest BCUT2D eigenvalue weighted by molar-refractivity contribution is 0.159. The van der Waals surface area contributed by atoms with Crippen LogP contribution in [0.15, 0.2) is 0 Å². The zero-order valence-electron chi connectivity index (χ0n) is 6.52. The summed E-state index contributed by atoms with van der Waals surface area (Å²) in [6, 6.07) is 0. The summed E-state index contributed by atoms with van der Waals surface area (Å²) >= 11 is 0. The molecule has 11 heavy (non-hydrogen) atoms. The van der Waals surface area contributed by atoms with Gasteiger partial charge in [0.1, 0.15) is 0 Å². The Hall–Kier alpha value is -0.130. The maximum Gasteiger partial charge on any atom is 0.264 e. The summed E-state index contributed by atoms with van der Waals surface area (Å²) in [5, 5.41) is 9.04. The number of aliphatic hydroxyl groups is 1. The average molecular weight is 182 g/mol. The molecule has 0 aromatic rings. The Morgan fingerprint density at radius 3 is 2.27 bits per heavy atom. The molecule has 0 bridgehead atoms. The third-order valence-corrected chi connectivity index (χ3v) is 2.08. The van der Waals surface area contributed by atoms with Gasteiger partial charge in [0, 0.05) is 0 Å². The zero-order valence-corrected chi connectivity index (χ0v) is 7.34. The van der Waals surface area contributed by atoms with Crippen molar-refractivity contribution in [3.05, 3.63) is 0 Å². The van der Waals surface area contributed by atoms with Crippen LogP contribution in [0.25, 0.3) is 0 Å². The summed E-state index contributed by atoms with van der Waals surface area (Å²) in [5.74, 6) is -0.353. The second kappa shape index (κ2) is 4.69. The van der Waals surface area contributed by atoms with Crippen LogP contribution in [0.2, 0.25) is 0 Å².